The predicted molar refractivity (Wildman–Crippen MR) is 64.9 cm³/mol. The fourth-order valence-electron chi connectivity index (χ4n) is 1.33. The van der Waals surface area contributed by atoms with Crippen LogP contribution < -0.4 is 4.74 Å². The van der Waals surface area contributed by atoms with Crippen molar-refractivity contribution in [2.24, 2.45) is 0 Å². The molecule has 0 amide bonds. The van der Waals surface area contributed by atoms with E-state index in [0.29, 0.717) is 16.8 Å². The van der Waals surface area contributed by atoms with E-state index >= 15 is 0 Å². The van der Waals surface area contributed by atoms with E-state index in [1.54, 1.807) is 6.07 Å². The molecule has 16 heavy (non-hydrogen) atoms. The van der Waals surface area contributed by atoms with Gasteiger partial charge >= 0.3 is 0 Å². The van der Waals surface area contributed by atoms with E-state index in [1.807, 2.05) is 30.3 Å². The summed E-state index contributed by atoms with van der Waals surface area (Å²) in [7, 11) is 0. The molecule has 1 nitrogen and oxygen atoms in total. The third kappa shape index (κ3) is 2.83. The third-order valence-electron chi connectivity index (χ3n) is 2.13. The normalized spacial score (nSPS) is 10.1. The van der Waals surface area contributed by atoms with Gasteiger partial charge in [0.1, 0.15) is 18.2 Å². The van der Waals surface area contributed by atoms with Crippen molar-refractivity contribution in [2.75, 3.05) is 0 Å². The van der Waals surface area contributed by atoms with Gasteiger partial charge in [-0.1, -0.05) is 30.3 Å². The molecule has 0 aliphatic heterocycles. The monoisotopic (exact) mass is 280 g/mol. The molecule has 0 saturated heterocycles. The molecule has 0 N–H and O–H groups in total. The molecule has 0 saturated carbocycles. The quantitative estimate of drug-likeness (QED) is 0.820. The highest BCUT2D eigenvalue weighted by atomic mass is 79.9. The summed E-state index contributed by atoms with van der Waals surface area (Å²) >= 11 is 3.26. The van der Waals surface area contributed by atoms with Crippen LogP contribution in [0, 0.1) is 5.82 Å². The minimum atomic E-state index is -0.279. The van der Waals surface area contributed by atoms with Crippen LogP contribution in [0.1, 0.15) is 5.56 Å². The molecule has 0 heterocycles. The Hall–Kier alpha value is -1.35. The zero-order valence-corrected chi connectivity index (χ0v) is 10.1. The van der Waals surface area contributed by atoms with Crippen LogP contribution in [-0.4, -0.2) is 0 Å². The molecule has 2 aromatic carbocycles. The van der Waals surface area contributed by atoms with Crippen LogP contribution >= 0.6 is 15.9 Å². The van der Waals surface area contributed by atoms with Gasteiger partial charge in [-0.15, -0.1) is 0 Å². The zero-order chi connectivity index (χ0) is 11.4. The molecule has 0 atom stereocenters. The van der Waals surface area contributed by atoms with E-state index in [0.717, 1.165) is 5.56 Å². The van der Waals surface area contributed by atoms with Gasteiger partial charge in [0.2, 0.25) is 0 Å². The van der Waals surface area contributed by atoms with Crippen molar-refractivity contribution in [1.29, 1.82) is 0 Å². The molecule has 0 bridgehead atoms. The summed E-state index contributed by atoms with van der Waals surface area (Å²) in [6.45, 7) is 0.477. The lowest BCUT2D eigenvalue weighted by Gasteiger charge is -2.07. The second-order valence-corrected chi connectivity index (χ2v) is 4.20. The largest absolute Gasteiger partial charge is 0.488 e. The highest BCUT2D eigenvalue weighted by Crippen LogP contribution is 2.26. The number of benzene rings is 2. The Morgan fingerprint density at radius 2 is 1.81 bits per heavy atom. The summed E-state index contributed by atoms with van der Waals surface area (Å²) in [5.41, 5.74) is 1.08. The van der Waals surface area contributed by atoms with Gasteiger partial charge in [0.25, 0.3) is 0 Å². The minimum absolute atomic E-state index is 0.279. The lowest BCUT2D eigenvalue weighted by Crippen LogP contribution is -1.95. The van der Waals surface area contributed by atoms with E-state index in [2.05, 4.69) is 15.9 Å². The van der Waals surface area contributed by atoms with Crippen molar-refractivity contribution >= 4 is 15.9 Å². The number of hydrogen-bond donors (Lipinski definition) is 0. The summed E-state index contributed by atoms with van der Waals surface area (Å²) in [6.07, 6.45) is 0. The van der Waals surface area contributed by atoms with Crippen molar-refractivity contribution in [3.63, 3.8) is 0 Å². The smallest absolute Gasteiger partial charge is 0.134 e. The molecule has 0 aliphatic rings. The first-order valence-corrected chi connectivity index (χ1v) is 5.67. The average molecular weight is 281 g/mol. The fourth-order valence-corrected chi connectivity index (χ4v) is 1.79. The maximum absolute atomic E-state index is 12.8. The van der Waals surface area contributed by atoms with E-state index in [1.165, 1.54) is 12.1 Å². The Morgan fingerprint density at radius 3 is 2.50 bits per heavy atom. The van der Waals surface area contributed by atoms with Crippen molar-refractivity contribution in [3.05, 3.63) is 64.4 Å². The summed E-state index contributed by atoms with van der Waals surface area (Å²) < 4.78 is 19.0. The molecule has 2 aromatic rings. The van der Waals surface area contributed by atoms with Crippen LogP contribution in [0.5, 0.6) is 5.75 Å². The first kappa shape index (κ1) is 11.1. The van der Waals surface area contributed by atoms with Gasteiger partial charge in [-0.3, -0.25) is 0 Å². The van der Waals surface area contributed by atoms with E-state index in [-0.39, 0.29) is 5.82 Å². The van der Waals surface area contributed by atoms with Gasteiger partial charge in [-0.05, 0) is 39.7 Å². The molecule has 0 radical (unpaired) electrons. The van der Waals surface area contributed by atoms with Gasteiger partial charge in [-0.25, -0.2) is 4.39 Å². The van der Waals surface area contributed by atoms with Crippen LogP contribution in [0.25, 0.3) is 0 Å². The van der Waals surface area contributed by atoms with Crippen LogP contribution in [0.4, 0.5) is 4.39 Å². The average Bonchev–Trinajstić information content (AvgIpc) is 2.29. The first-order chi connectivity index (χ1) is 7.75. The summed E-state index contributed by atoms with van der Waals surface area (Å²) in [4.78, 5) is 0. The SMILES string of the molecule is Fc1ccc(OCc2ccccc2)c(Br)c1. The highest BCUT2D eigenvalue weighted by Gasteiger charge is 2.02. The van der Waals surface area contributed by atoms with Crippen LogP contribution in [0.15, 0.2) is 53.0 Å². The topological polar surface area (TPSA) is 9.23 Å². The zero-order valence-electron chi connectivity index (χ0n) is 8.49. The Kier molecular flexibility index (Phi) is 3.57. The lowest BCUT2D eigenvalue weighted by molar-refractivity contribution is 0.303. The van der Waals surface area contributed by atoms with E-state index < -0.39 is 0 Å². The number of hydrogen-bond acceptors (Lipinski definition) is 1. The molecule has 0 fully saturated rings. The lowest BCUT2D eigenvalue weighted by atomic mass is 10.2. The van der Waals surface area contributed by atoms with Crippen molar-refractivity contribution < 1.29 is 9.13 Å². The van der Waals surface area contributed by atoms with Gasteiger partial charge in [0, 0.05) is 0 Å². The van der Waals surface area contributed by atoms with Gasteiger partial charge < -0.3 is 4.74 Å². The first-order valence-electron chi connectivity index (χ1n) is 4.87. The Labute approximate surface area is 102 Å². The highest BCUT2D eigenvalue weighted by molar-refractivity contribution is 9.10. The second kappa shape index (κ2) is 5.12. The van der Waals surface area contributed by atoms with Crippen molar-refractivity contribution in [2.45, 2.75) is 6.61 Å². The number of halogens is 2. The Morgan fingerprint density at radius 1 is 1.06 bits per heavy atom. The Bertz CT molecular complexity index is 471. The molecule has 0 spiro atoms. The number of rotatable bonds is 3. The summed E-state index contributed by atoms with van der Waals surface area (Å²) in [5.74, 6) is 0.365. The third-order valence-corrected chi connectivity index (χ3v) is 2.75. The van der Waals surface area contributed by atoms with Crippen LogP contribution in [-0.2, 0) is 6.61 Å². The summed E-state index contributed by atoms with van der Waals surface area (Å²) in [5, 5.41) is 0. The fraction of sp³-hybridized carbons (Fsp3) is 0.0769. The maximum atomic E-state index is 12.8. The molecule has 0 unspecified atom stereocenters. The van der Waals surface area contributed by atoms with Gasteiger partial charge in [0.05, 0.1) is 4.47 Å². The molecule has 2 rings (SSSR count). The predicted octanol–water partition coefficient (Wildman–Crippen LogP) is 4.17. The van der Waals surface area contributed by atoms with Crippen LogP contribution in [0.3, 0.4) is 0 Å². The molecule has 0 aromatic heterocycles. The Balaban J connectivity index is 2.05. The van der Waals surface area contributed by atoms with E-state index in [9.17, 15) is 4.39 Å². The molecular weight excluding hydrogens is 271 g/mol. The molecular formula is C13H10BrFO. The molecule has 3 heteroatoms. The minimum Gasteiger partial charge on any atom is -0.488 e. The van der Waals surface area contributed by atoms with Crippen LogP contribution in [0.2, 0.25) is 0 Å². The van der Waals surface area contributed by atoms with Gasteiger partial charge in [0.15, 0.2) is 0 Å². The number of ether oxygens (including phenoxy) is 1. The molecule has 82 valence electrons. The second-order valence-electron chi connectivity index (χ2n) is 3.35. The van der Waals surface area contributed by atoms with E-state index in [4.69, 9.17) is 4.74 Å². The van der Waals surface area contributed by atoms with Gasteiger partial charge in [-0.2, -0.15) is 0 Å². The summed E-state index contributed by atoms with van der Waals surface area (Å²) in [6, 6.07) is 14.2. The standard InChI is InChI=1S/C13H10BrFO/c14-12-8-11(15)6-7-13(12)16-9-10-4-2-1-3-5-10/h1-8H,9H2. The van der Waals surface area contributed by atoms with Crippen molar-refractivity contribution in [3.8, 4) is 5.75 Å². The molecule has 0 aliphatic carbocycles. The van der Waals surface area contributed by atoms with Crippen molar-refractivity contribution in [1.82, 2.24) is 0 Å². The maximum Gasteiger partial charge on any atom is 0.134 e.